The van der Waals surface area contributed by atoms with Gasteiger partial charge in [-0.1, -0.05) is 6.07 Å². The van der Waals surface area contributed by atoms with Gasteiger partial charge in [0.15, 0.2) is 6.61 Å². The maximum absolute atomic E-state index is 13.9. The molecule has 6 nitrogen and oxygen atoms in total. The van der Waals surface area contributed by atoms with Gasteiger partial charge in [0.1, 0.15) is 10.7 Å². The predicted molar refractivity (Wildman–Crippen MR) is 91.1 cm³/mol. The minimum atomic E-state index is -0.664. The van der Waals surface area contributed by atoms with E-state index in [0.29, 0.717) is 22.1 Å². The second-order valence-electron chi connectivity index (χ2n) is 5.27. The monoisotopic (exact) mass is 367 g/mol. The van der Waals surface area contributed by atoms with Crippen molar-refractivity contribution in [3.63, 3.8) is 0 Å². The van der Waals surface area contributed by atoms with Crippen LogP contribution in [-0.2, 0) is 19.1 Å². The van der Waals surface area contributed by atoms with Crippen molar-refractivity contribution in [3.05, 3.63) is 34.5 Å². The van der Waals surface area contributed by atoms with Gasteiger partial charge in [-0.15, -0.1) is 11.3 Å². The van der Waals surface area contributed by atoms with Crippen LogP contribution in [0.4, 0.5) is 4.39 Å². The summed E-state index contributed by atoms with van der Waals surface area (Å²) in [6.07, 6.45) is 0.629. The molecule has 0 bridgehead atoms. The summed E-state index contributed by atoms with van der Waals surface area (Å²) in [5.41, 5.74) is 0.501. The fourth-order valence-corrected chi connectivity index (χ4v) is 3.37. The Kier molecular flexibility index (Phi) is 6.46. The van der Waals surface area contributed by atoms with Crippen LogP contribution in [0.3, 0.4) is 0 Å². The molecular formula is C17H18FNO5S. The summed E-state index contributed by atoms with van der Waals surface area (Å²) >= 11 is 1.13. The van der Waals surface area contributed by atoms with Crippen molar-refractivity contribution < 1.29 is 28.2 Å². The van der Waals surface area contributed by atoms with Gasteiger partial charge in [-0.2, -0.15) is 0 Å². The molecule has 1 heterocycles. The Labute approximate surface area is 147 Å². The van der Waals surface area contributed by atoms with E-state index in [1.807, 2.05) is 0 Å². The smallest absolute Gasteiger partial charge is 0.349 e. The van der Waals surface area contributed by atoms with Crippen molar-refractivity contribution in [2.24, 2.45) is 0 Å². The van der Waals surface area contributed by atoms with Crippen LogP contribution in [0.1, 0.15) is 28.1 Å². The number of fused-ring (bicyclic) bond motifs is 1. The van der Waals surface area contributed by atoms with Crippen LogP contribution in [0, 0.1) is 12.7 Å². The van der Waals surface area contributed by atoms with Gasteiger partial charge in [0, 0.05) is 23.1 Å². The molecule has 1 amide bonds. The Balaban J connectivity index is 1.86. The lowest BCUT2D eigenvalue weighted by molar-refractivity contribution is -0.140. The number of aryl methyl sites for hydroxylation is 1. The Bertz CT molecular complexity index is 802. The molecule has 134 valence electrons. The second kappa shape index (κ2) is 8.57. The molecule has 2 aromatic rings. The zero-order valence-electron chi connectivity index (χ0n) is 13.9. The number of carbonyl (C=O) groups is 3. The summed E-state index contributed by atoms with van der Waals surface area (Å²) in [5.74, 6) is -1.88. The van der Waals surface area contributed by atoms with Crippen molar-refractivity contribution in [3.8, 4) is 0 Å². The number of carbonyl (C=O) groups excluding carboxylic acids is 3. The Morgan fingerprint density at radius 1 is 1.28 bits per heavy atom. The maximum atomic E-state index is 13.9. The largest absolute Gasteiger partial charge is 0.469 e. The highest BCUT2D eigenvalue weighted by Crippen LogP contribution is 2.32. The lowest BCUT2D eigenvalue weighted by Crippen LogP contribution is -2.29. The van der Waals surface area contributed by atoms with Gasteiger partial charge in [-0.25, -0.2) is 9.18 Å². The van der Waals surface area contributed by atoms with Crippen LogP contribution in [0.25, 0.3) is 10.1 Å². The van der Waals surface area contributed by atoms with Gasteiger partial charge in [-0.05, 0) is 31.0 Å². The van der Waals surface area contributed by atoms with Crippen LogP contribution in [-0.4, -0.2) is 38.1 Å². The molecule has 1 N–H and O–H groups in total. The van der Waals surface area contributed by atoms with Gasteiger partial charge < -0.3 is 14.8 Å². The zero-order valence-corrected chi connectivity index (χ0v) is 14.7. The number of rotatable bonds is 7. The minimum absolute atomic E-state index is 0.198. The first-order valence-corrected chi connectivity index (χ1v) is 8.44. The Morgan fingerprint density at radius 2 is 2.04 bits per heavy atom. The SMILES string of the molecule is COC(=O)CCCNC(=O)COC(=O)c1sc2cccc(F)c2c1C. The van der Waals surface area contributed by atoms with Crippen molar-refractivity contribution in [2.75, 3.05) is 20.3 Å². The first kappa shape index (κ1) is 18.9. The number of hydrogen-bond acceptors (Lipinski definition) is 6. The summed E-state index contributed by atoms with van der Waals surface area (Å²) in [7, 11) is 1.29. The number of hydrogen-bond donors (Lipinski definition) is 1. The number of halogens is 1. The highest BCUT2D eigenvalue weighted by Gasteiger charge is 2.19. The number of nitrogens with one attached hydrogen (secondary N) is 1. The molecule has 0 fully saturated rings. The highest BCUT2D eigenvalue weighted by atomic mass is 32.1. The topological polar surface area (TPSA) is 81.7 Å². The van der Waals surface area contributed by atoms with Gasteiger partial charge in [-0.3, -0.25) is 9.59 Å². The van der Waals surface area contributed by atoms with E-state index in [-0.39, 0.29) is 23.8 Å². The average Bonchev–Trinajstić information content (AvgIpc) is 2.94. The lowest BCUT2D eigenvalue weighted by Gasteiger charge is -2.06. The van der Waals surface area contributed by atoms with Crippen molar-refractivity contribution in [2.45, 2.75) is 19.8 Å². The van der Waals surface area contributed by atoms with E-state index in [9.17, 15) is 18.8 Å². The summed E-state index contributed by atoms with van der Waals surface area (Å²) in [4.78, 5) is 35.0. The molecule has 1 aromatic heterocycles. The fraction of sp³-hybridized carbons (Fsp3) is 0.353. The highest BCUT2D eigenvalue weighted by molar-refractivity contribution is 7.21. The molecule has 2 rings (SSSR count). The Morgan fingerprint density at radius 3 is 2.72 bits per heavy atom. The molecule has 0 aliphatic rings. The molecule has 0 atom stereocenters. The molecule has 0 saturated carbocycles. The van der Waals surface area contributed by atoms with Gasteiger partial charge in [0.2, 0.25) is 0 Å². The van der Waals surface area contributed by atoms with E-state index >= 15 is 0 Å². The fourth-order valence-electron chi connectivity index (χ4n) is 2.26. The third-order valence-electron chi connectivity index (χ3n) is 3.53. The van der Waals surface area contributed by atoms with Crippen LogP contribution < -0.4 is 5.32 Å². The van der Waals surface area contributed by atoms with Crippen molar-refractivity contribution >= 4 is 39.3 Å². The third kappa shape index (κ3) is 4.76. The van der Waals surface area contributed by atoms with E-state index in [4.69, 9.17) is 4.74 Å². The number of thiophene rings is 1. The van der Waals surface area contributed by atoms with E-state index in [2.05, 4.69) is 10.1 Å². The number of benzene rings is 1. The van der Waals surface area contributed by atoms with Gasteiger partial charge >= 0.3 is 11.9 Å². The number of esters is 2. The van der Waals surface area contributed by atoms with Crippen LogP contribution >= 0.6 is 11.3 Å². The summed E-state index contributed by atoms with van der Waals surface area (Å²) in [6.45, 7) is 1.48. The molecule has 8 heteroatoms. The van der Waals surface area contributed by atoms with Crippen LogP contribution in [0.5, 0.6) is 0 Å². The van der Waals surface area contributed by atoms with Crippen LogP contribution in [0.2, 0.25) is 0 Å². The van der Waals surface area contributed by atoms with Crippen molar-refractivity contribution in [1.82, 2.24) is 5.32 Å². The molecule has 0 spiro atoms. The summed E-state index contributed by atoms with van der Waals surface area (Å²) in [6, 6.07) is 4.63. The average molecular weight is 367 g/mol. The van der Waals surface area contributed by atoms with Crippen LogP contribution in [0.15, 0.2) is 18.2 Å². The maximum Gasteiger partial charge on any atom is 0.349 e. The van der Waals surface area contributed by atoms with Crippen molar-refractivity contribution in [1.29, 1.82) is 0 Å². The van der Waals surface area contributed by atoms with E-state index < -0.39 is 24.3 Å². The predicted octanol–water partition coefficient (Wildman–Crippen LogP) is 2.58. The Hall–Kier alpha value is -2.48. The molecular weight excluding hydrogens is 349 g/mol. The quantitative estimate of drug-likeness (QED) is 0.601. The first-order chi connectivity index (χ1) is 11.9. The molecule has 1 aromatic carbocycles. The van der Waals surface area contributed by atoms with E-state index in [1.54, 1.807) is 19.1 Å². The molecule has 0 aliphatic carbocycles. The van der Waals surface area contributed by atoms with Gasteiger partial charge in [0.05, 0.1) is 7.11 Å². The molecule has 0 unspecified atom stereocenters. The minimum Gasteiger partial charge on any atom is -0.469 e. The third-order valence-corrected chi connectivity index (χ3v) is 4.77. The molecule has 0 saturated heterocycles. The second-order valence-corrected chi connectivity index (χ2v) is 6.33. The molecule has 0 radical (unpaired) electrons. The molecule has 25 heavy (non-hydrogen) atoms. The zero-order chi connectivity index (χ0) is 18.4. The molecule has 0 aliphatic heterocycles. The lowest BCUT2D eigenvalue weighted by atomic mass is 10.1. The first-order valence-electron chi connectivity index (χ1n) is 7.62. The number of methoxy groups -OCH3 is 1. The summed E-state index contributed by atoms with van der Waals surface area (Å²) in [5, 5.41) is 2.93. The van der Waals surface area contributed by atoms with E-state index in [0.717, 1.165) is 11.3 Å². The normalized spacial score (nSPS) is 10.5. The number of ether oxygens (including phenoxy) is 2. The summed E-state index contributed by atoms with van der Waals surface area (Å²) < 4.78 is 24.0. The van der Waals surface area contributed by atoms with Gasteiger partial charge in [0.25, 0.3) is 5.91 Å². The van der Waals surface area contributed by atoms with E-state index in [1.165, 1.54) is 13.2 Å². The number of amides is 1. The standard InChI is InChI=1S/C17H18FNO5S/c1-10-15-11(18)5-3-6-12(15)25-16(10)17(22)24-9-13(20)19-8-4-7-14(21)23-2/h3,5-6H,4,7-9H2,1-2H3,(H,19,20).